The summed E-state index contributed by atoms with van der Waals surface area (Å²) in [5.41, 5.74) is 1.52. The van der Waals surface area contributed by atoms with Crippen molar-refractivity contribution in [3.05, 3.63) is 58.9 Å². The molecule has 0 atom stereocenters. The van der Waals surface area contributed by atoms with E-state index in [-0.39, 0.29) is 5.56 Å². The second-order valence-corrected chi connectivity index (χ2v) is 6.43. The van der Waals surface area contributed by atoms with Gasteiger partial charge in [0, 0.05) is 31.9 Å². The van der Waals surface area contributed by atoms with Crippen LogP contribution in [0.5, 0.6) is 0 Å². The van der Waals surface area contributed by atoms with E-state index in [2.05, 4.69) is 22.0 Å². The molecule has 1 aliphatic heterocycles. The lowest BCUT2D eigenvalue weighted by Gasteiger charge is -2.36. The van der Waals surface area contributed by atoms with Gasteiger partial charge in [0.25, 0.3) is 5.91 Å². The molecule has 132 valence electrons. The van der Waals surface area contributed by atoms with Crippen molar-refractivity contribution < 1.29 is 9.18 Å². The predicted octanol–water partition coefficient (Wildman–Crippen LogP) is 3.87. The molecule has 4 nitrogen and oxygen atoms in total. The third-order valence-electron chi connectivity index (χ3n) is 4.48. The molecule has 0 unspecified atom stereocenters. The number of carbonyl (C=O) groups is 1. The maximum atomic E-state index is 13.7. The van der Waals surface area contributed by atoms with Gasteiger partial charge in [0.15, 0.2) is 0 Å². The number of hydrogen-bond donors (Lipinski definition) is 1. The summed E-state index contributed by atoms with van der Waals surface area (Å²) in [5.74, 6) is -1.03. The Bertz CT molecular complexity index is 760. The van der Waals surface area contributed by atoms with Gasteiger partial charge >= 0.3 is 0 Å². The van der Waals surface area contributed by atoms with Gasteiger partial charge in [-0.2, -0.15) is 0 Å². The Morgan fingerprint density at radius 2 is 1.88 bits per heavy atom. The smallest absolute Gasteiger partial charge is 0.258 e. The van der Waals surface area contributed by atoms with Crippen LogP contribution in [0.4, 0.5) is 15.8 Å². The van der Waals surface area contributed by atoms with Gasteiger partial charge in [-0.15, -0.1) is 0 Å². The number of nitrogens with one attached hydrogen (secondary N) is 1. The monoisotopic (exact) mass is 361 g/mol. The van der Waals surface area contributed by atoms with Crippen molar-refractivity contribution in [2.24, 2.45) is 0 Å². The number of carbonyl (C=O) groups excluding carboxylic acids is 1. The fourth-order valence-corrected chi connectivity index (χ4v) is 3.29. The summed E-state index contributed by atoms with van der Waals surface area (Å²) in [6.07, 6.45) is 0. The van der Waals surface area contributed by atoms with E-state index in [0.717, 1.165) is 38.4 Å². The van der Waals surface area contributed by atoms with Gasteiger partial charge in [-0.1, -0.05) is 30.7 Å². The Hall–Kier alpha value is -2.11. The van der Waals surface area contributed by atoms with Crippen LogP contribution < -0.4 is 10.2 Å². The van der Waals surface area contributed by atoms with Gasteiger partial charge in [-0.3, -0.25) is 4.79 Å². The van der Waals surface area contributed by atoms with E-state index < -0.39 is 11.7 Å². The highest BCUT2D eigenvalue weighted by molar-refractivity contribution is 6.33. The number of piperazine rings is 1. The molecule has 0 aromatic heterocycles. The third kappa shape index (κ3) is 4.11. The van der Waals surface area contributed by atoms with Crippen molar-refractivity contribution in [3.8, 4) is 0 Å². The Morgan fingerprint density at radius 1 is 1.16 bits per heavy atom. The van der Waals surface area contributed by atoms with Crippen molar-refractivity contribution in [1.82, 2.24) is 4.90 Å². The Morgan fingerprint density at radius 3 is 2.52 bits per heavy atom. The van der Waals surface area contributed by atoms with Gasteiger partial charge in [0.1, 0.15) is 5.82 Å². The molecule has 25 heavy (non-hydrogen) atoms. The first-order valence-electron chi connectivity index (χ1n) is 8.41. The number of hydrogen-bond acceptors (Lipinski definition) is 3. The summed E-state index contributed by atoms with van der Waals surface area (Å²) in [5, 5.41) is 3.28. The molecule has 3 rings (SSSR count). The van der Waals surface area contributed by atoms with Crippen LogP contribution in [-0.4, -0.2) is 43.5 Å². The number of anilines is 2. The highest BCUT2D eigenvalue weighted by Gasteiger charge is 2.18. The van der Waals surface area contributed by atoms with Crippen molar-refractivity contribution in [2.75, 3.05) is 42.9 Å². The number of halogens is 2. The summed E-state index contributed by atoms with van der Waals surface area (Å²) in [6.45, 7) is 7.10. The quantitative estimate of drug-likeness (QED) is 0.897. The van der Waals surface area contributed by atoms with Crippen molar-refractivity contribution >= 4 is 28.9 Å². The van der Waals surface area contributed by atoms with E-state index in [9.17, 15) is 9.18 Å². The molecule has 0 aliphatic carbocycles. The molecule has 1 aliphatic rings. The molecule has 2 aromatic carbocycles. The lowest BCUT2D eigenvalue weighted by atomic mass is 10.2. The summed E-state index contributed by atoms with van der Waals surface area (Å²) >= 11 is 6.41. The second-order valence-electron chi connectivity index (χ2n) is 6.02. The lowest BCUT2D eigenvalue weighted by Crippen LogP contribution is -2.46. The number of amides is 1. The van der Waals surface area contributed by atoms with Gasteiger partial charge < -0.3 is 15.1 Å². The summed E-state index contributed by atoms with van der Waals surface area (Å²) < 4.78 is 13.7. The topological polar surface area (TPSA) is 35.6 Å². The van der Waals surface area contributed by atoms with Crippen molar-refractivity contribution in [2.45, 2.75) is 6.92 Å². The molecule has 1 fully saturated rings. The van der Waals surface area contributed by atoms with Gasteiger partial charge in [-0.05, 0) is 36.9 Å². The van der Waals surface area contributed by atoms with E-state index in [4.69, 9.17) is 11.6 Å². The van der Waals surface area contributed by atoms with Crippen LogP contribution in [0.15, 0.2) is 42.5 Å². The molecule has 1 saturated heterocycles. The Labute approximate surface area is 152 Å². The highest BCUT2D eigenvalue weighted by Crippen LogP contribution is 2.30. The zero-order valence-corrected chi connectivity index (χ0v) is 14.9. The van der Waals surface area contributed by atoms with Crippen LogP contribution in [0.25, 0.3) is 0 Å². The molecule has 6 heteroatoms. The summed E-state index contributed by atoms with van der Waals surface area (Å²) in [7, 11) is 0. The molecular weight excluding hydrogens is 341 g/mol. The number of benzene rings is 2. The minimum absolute atomic E-state index is 0.0124. The lowest BCUT2D eigenvalue weighted by molar-refractivity contribution is 0.102. The first kappa shape index (κ1) is 17.7. The minimum Gasteiger partial charge on any atom is -0.368 e. The molecular formula is C19H21ClFN3O. The Balaban J connectivity index is 1.70. The third-order valence-corrected chi connectivity index (χ3v) is 4.79. The molecule has 0 spiro atoms. The van der Waals surface area contributed by atoms with Crippen LogP contribution in [0.3, 0.4) is 0 Å². The molecule has 1 heterocycles. The van der Waals surface area contributed by atoms with Crippen molar-refractivity contribution in [3.63, 3.8) is 0 Å². The maximum Gasteiger partial charge on any atom is 0.258 e. The Kier molecular flexibility index (Phi) is 5.56. The first-order valence-corrected chi connectivity index (χ1v) is 8.79. The van der Waals surface area contributed by atoms with E-state index in [1.54, 1.807) is 24.3 Å². The van der Waals surface area contributed by atoms with Crippen molar-refractivity contribution in [1.29, 1.82) is 0 Å². The van der Waals surface area contributed by atoms with E-state index >= 15 is 0 Å². The largest absolute Gasteiger partial charge is 0.368 e. The maximum absolute atomic E-state index is 13.7. The molecule has 1 N–H and O–H groups in total. The van der Waals surface area contributed by atoms with Gasteiger partial charge in [-0.25, -0.2) is 4.39 Å². The molecule has 0 bridgehead atoms. The SMILES string of the molecule is CCN1CCN(c2ccc(NC(=O)c3ccccc3F)cc2Cl)CC1. The number of rotatable bonds is 4. The molecule has 2 aromatic rings. The van der Waals surface area contributed by atoms with Crippen LogP contribution in [0, 0.1) is 5.82 Å². The zero-order chi connectivity index (χ0) is 17.8. The molecule has 0 saturated carbocycles. The minimum atomic E-state index is -0.545. The normalized spacial score (nSPS) is 15.2. The average Bonchev–Trinajstić information content (AvgIpc) is 2.62. The first-order chi connectivity index (χ1) is 12.1. The molecule has 1 amide bonds. The standard InChI is InChI=1S/C19H21ClFN3O/c1-2-23-9-11-24(12-10-23)18-8-7-14(13-16(18)20)22-19(25)15-5-3-4-6-17(15)21/h3-8,13H,2,9-12H2,1H3,(H,22,25). The summed E-state index contributed by atoms with van der Waals surface area (Å²) in [6, 6.07) is 11.3. The number of likely N-dealkylation sites (N-methyl/N-ethyl adjacent to an activating group) is 1. The van der Waals surface area contributed by atoms with Crippen LogP contribution in [-0.2, 0) is 0 Å². The number of nitrogens with zero attached hydrogens (tertiary/aromatic N) is 2. The van der Waals surface area contributed by atoms with E-state index in [1.165, 1.54) is 12.1 Å². The van der Waals surface area contributed by atoms with Gasteiger partial charge in [0.05, 0.1) is 16.3 Å². The zero-order valence-electron chi connectivity index (χ0n) is 14.1. The van der Waals surface area contributed by atoms with Crippen LogP contribution in [0.1, 0.15) is 17.3 Å². The fourth-order valence-electron chi connectivity index (χ4n) is 2.99. The predicted molar refractivity (Wildman–Crippen MR) is 100 cm³/mol. The average molecular weight is 362 g/mol. The second kappa shape index (κ2) is 7.85. The summed E-state index contributed by atoms with van der Waals surface area (Å²) in [4.78, 5) is 16.8. The van der Waals surface area contributed by atoms with Crippen LogP contribution >= 0.6 is 11.6 Å². The van der Waals surface area contributed by atoms with E-state index in [0.29, 0.717) is 10.7 Å². The van der Waals surface area contributed by atoms with Gasteiger partial charge in [0.2, 0.25) is 0 Å². The van der Waals surface area contributed by atoms with Crippen LogP contribution in [0.2, 0.25) is 5.02 Å². The highest BCUT2D eigenvalue weighted by atomic mass is 35.5. The fraction of sp³-hybridized carbons (Fsp3) is 0.316. The molecule has 0 radical (unpaired) electrons. The van der Waals surface area contributed by atoms with E-state index in [1.807, 2.05) is 6.07 Å².